The number of ketones is 1. The van der Waals surface area contributed by atoms with Crippen LogP contribution in [-0.4, -0.2) is 12.3 Å². The van der Waals surface area contributed by atoms with Gasteiger partial charge in [-0.05, 0) is 24.3 Å². The minimum atomic E-state index is -0.0375. The molecule has 94 valence electrons. The molecule has 17 heavy (non-hydrogen) atoms. The molecule has 0 aliphatic rings. The van der Waals surface area contributed by atoms with Gasteiger partial charge in [-0.1, -0.05) is 45.0 Å². The SMILES string of the molecule is CCC(CN)C(=O)c1ccc(C(C)CC)cc1. The Hall–Kier alpha value is -1.15. The molecule has 0 amide bonds. The molecule has 0 bridgehead atoms. The Kier molecular flexibility index (Phi) is 5.36. The molecule has 0 heterocycles. The molecule has 2 nitrogen and oxygen atoms in total. The maximum absolute atomic E-state index is 12.1. The molecule has 0 saturated heterocycles. The highest BCUT2D eigenvalue weighted by molar-refractivity contribution is 5.98. The maximum Gasteiger partial charge on any atom is 0.167 e. The van der Waals surface area contributed by atoms with E-state index in [1.54, 1.807) is 0 Å². The zero-order chi connectivity index (χ0) is 12.8. The number of hydrogen-bond acceptors (Lipinski definition) is 2. The van der Waals surface area contributed by atoms with E-state index in [4.69, 9.17) is 5.73 Å². The molecule has 0 aliphatic heterocycles. The highest BCUT2D eigenvalue weighted by Crippen LogP contribution is 2.20. The molecule has 0 saturated carbocycles. The van der Waals surface area contributed by atoms with E-state index in [9.17, 15) is 4.79 Å². The minimum Gasteiger partial charge on any atom is -0.330 e. The topological polar surface area (TPSA) is 43.1 Å². The predicted octanol–water partition coefficient (Wildman–Crippen LogP) is 3.37. The van der Waals surface area contributed by atoms with Crippen molar-refractivity contribution in [3.05, 3.63) is 35.4 Å². The van der Waals surface area contributed by atoms with Crippen LogP contribution in [0.15, 0.2) is 24.3 Å². The van der Waals surface area contributed by atoms with Crippen molar-refractivity contribution in [3.8, 4) is 0 Å². The smallest absolute Gasteiger partial charge is 0.167 e. The summed E-state index contributed by atoms with van der Waals surface area (Å²) in [4.78, 5) is 12.1. The number of carbonyl (C=O) groups excluding carboxylic acids is 1. The van der Waals surface area contributed by atoms with E-state index >= 15 is 0 Å². The van der Waals surface area contributed by atoms with Gasteiger partial charge in [0.25, 0.3) is 0 Å². The first kappa shape index (κ1) is 13.9. The van der Waals surface area contributed by atoms with Gasteiger partial charge in [0.2, 0.25) is 0 Å². The fraction of sp³-hybridized carbons (Fsp3) is 0.533. The highest BCUT2D eigenvalue weighted by Gasteiger charge is 2.16. The van der Waals surface area contributed by atoms with Gasteiger partial charge in [-0.15, -0.1) is 0 Å². The largest absolute Gasteiger partial charge is 0.330 e. The molecular weight excluding hydrogens is 210 g/mol. The second-order valence-corrected chi connectivity index (χ2v) is 4.64. The van der Waals surface area contributed by atoms with Gasteiger partial charge in [0.05, 0.1) is 0 Å². The molecule has 1 aromatic rings. The van der Waals surface area contributed by atoms with E-state index in [1.165, 1.54) is 5.56 Å². The number of rotatable bonds is 6. The second-order valence-electron chi connectivity index (χ2n) is 4.64. The predicted molar refractivity (Wildman–Crippen MR) is 72.3 cm³/mol. The van der Waals surface area contributed by atoms with Gasteiger partial charge >= 0.3 is 0 Å². The standard InChI is InChI=1S/C15H23NO/c1-4-11(3)13-6-8-14(9-7-13)15(17)12(5-2)10-16/h6-9,11-12H,4-5,10,16H2,1-3H3. The average molecular weight is 233 g/mol. The van der Waals surface area contributed by atoms with E-state index in [0.29, 0.717) is 12.5 Å². The summed E-state index contributed by atoms with van der Waals surface area (Å²) in [5.41, 5.74) is 7.68. The van der Waals surface area contributed by atoms with Crippen molar-refractivity contribution in [2.75, 3.05) is 6.54 Å². The average Bonchev–Trinajstić information content (AvgIpc) is 2.39. The first-order valence-electron chi connectivity index (χ1n) is 6.48. The molecule has 1 rings (SSSR count). The summed E-state index contributed by atoms with van der Waals surface area (Å²) in [6.07, 6.45) is 1.93. The van der Waals surface area contributed by atoms with Crippen LogP contribution >= 0.6 is 0 Å². The highest BCUT2D eigenvalue weighted by atomic mass is 16.1. The molecule has 2 atom stereocenters. The van der Waals surface area contributed by atoms with Crippen LogP contribution in [0.3, 0.4) is 0 Å². The van der Waals surface area contributed by atoms with Gasteiger partial charge < -0.3 is 5.73 Å². The molecule has 0 spiro atoms. The Morgan fingerprint density at radius 2 is 1.76 bits per heavy atom. The third-order valence-corrected chi connectivity index (χ3v) is 3.52. The molecule has 2 N–H and O–H groups in total. The van der Waals surface area contributed by atoms with Crippen molar-refractivity contribution in [2.24, 2.45) is 11.7 Å². The fourth-order valence-corrected chi connectivity index (χ4v) is 1.91. The van der Waals surface area contributed by atoms with Gasteiger partial charge in [-0.2, -0.15) is 0 Å². The Labute approximate surface area is 104 Å². The van der Waals surface area contributed by atoms with Crippen LogP contribution in [0.25, 0.3) is 0 Å². The zero-order valence-corrected chi connectivity index (χ0v) is 11.1. The normalized spacial score (nSPS) is 14.4. The Balaban J connectivity index is 2.83. The summed E-state index contributed by atoms with van der Waals surface area (Å²) < 4.78 is 0. The second kappa shape index (κ2) is 6.55. The minimum absolute atomic E-state index is 0.0375. The summed E-state index contributed by atoms with van der Waals surface area (Å²) in [6, 6.07) is 7.99. The van der Waals surface area contributed by atoms with Crippen molar-refractivity contribution in [1.29, 1.82) is 0 Å². The molecule has 0 aliphatic carbocycles. The van der Waals surface area contributed by atoms with Crippen molar-refractivity contribution < 1.29 is 4.79 Å². The van der Waals surface area contributed by atoms with Crippen molar-refractivity contribution in [2.45, 2.75) is 39.5 Å². The molecule has 2 unspecified atom stereocenters. The van der Waals surface area contributed by atoms with Crippen LogP contribution in [0.4, 0.5) is 0 Å². The number of nitrogens with two attached hydrogens (primary N) is 1. The maximum atomic E-state index is 12.1. The molecule has 0 aromatic heterocycles. The quantitative estimate of drug-likeness (QED) is 0.765. The molecule has 1 aromatic carbocycles. The summed E-state index contributed by atoms with van der Waals surface area (Å²) in [5, 5.41) is 0. The van der Waals surface area contributed by atoms with Crippen molar-refractivity contribution >= 4 is 5.78 Å². The number of carbonyl (C=O) groups is 1. The van der Waals surface area contributed by atoms with E-state index in [0.717, 1.165) is 18.4 Å². The molecular formula is C15H23NO. The van der Waals surface area contributed by atoms with E-state index < -0.39 is 0 Å². The molecule has 0 fully saturated rings. The summed E-state index contributed by atoms with van der Waals surface area (Å²) in [5.74, 6) is 0.686. The zero-order valence-electron chi connectivity index (χ0n) is 11.1. The lowest BCUT2D eigenvalue weighted by Crippen LogP contribution is -2.23. The van der Waals surface area contributed by atoms with Gasteiger partial charge in [-0.3, -0.25) is 4.79 Å². The van der Waals surface area contributed by atoms with Gasteiger partial charge in [-0.25, -0.2) is 0 Å². The Morgan fingerprint density at radius 1 is 1.18 bits per heavy atom. The van der Waals surface area contributed by atoms with Gasteiger partial charge in [0.1, 0.15) is 0 Å². The first-order valence-corrected chi connectivity index (χ1v) is 6.48. The lowest BCUT2D eigenvalue weighted by molar-refractivity contribution is 0.0921. The van der Waals surface area contributed by atoms with E-state index in [2.05, 4.69) is 26.0 Å². The van der Waals surface area contributed by atoms with Crippen molar-refractivity contribution in [3.63, 3.8) is 0 Å². The number of Topliss-reactive ketones (excluding diaryl/α,β-unsaturated/α-hetero) is 1. The van der Waals surface area contributed by atoms with Gasteiger partial charge in [0, 0.05) is 18.0 Å². The summed E-state index contributed by atoms with van der Waals surface area (Å²) in [7, 11) is 0. The lowest BCUT2D eigenvalue weighted by Gasteiger charge is -2.13. The first-order chi connectivity index (χ1) is 8.13. The van der Waals surface area contributed by atoms with Crippen LogP contribution in [0, 0.1) is 5.92 Å². The van der Waals surface area contributed by atoms with Crippen LogP contribution in [0.5, 0.6) is 0 Å². The van der Waals surface area contributed by atoms with Crippen molar-refractivity contribution in [1.82, 2.24) is 0 Å². The van der Waals surface area contributed by atoms with Crippen LogP contribution in [0.2, 0.25) is 0 Å². The number of benzene rings is 1. The molecule has 2 heteroatoms. The number of hydrogen-bond donors (Lipinski definition) is 1. The summed E-state index contributed by atoms with van der Waals surface area (Å²) in [6.45, 7) is 6.81. The Bertz CT molecular complexity index is 352. The van der Waals surface area contributed by atoms with Crippen LogP contribution in [-0.2, 0) is 0 Å². The van der Waals surface area contributed by atoms with Crippen LogP contribution < -0.4 is 5.73 Å². The monoisotopic (exact) mass is 233 g/mol. The van der Waals surface area contributed by atoms with E-state index in [-0.39, 0.29) is 11.7 Å². The molecule has 0 radical (unpaired) electrons. The third-order valence-electron chi connectivity index (χ3n) is 3.52. The van der Waals surface area contributed by atoms with E-state index in [1.807, 2.05) is 19.1 Å². The summed E-state index contributed by atoms with van der Waals surface area (Å²) >= 11 is 0. The van der Waals surface area contributed by atoms with Gasteiger partial charge in [0.15, 0.2) is 5.78 Å². The Morgan fingerprint density at radius 3 is 2.18 bits per heavy atom. The third kappa shape index (κ3) is 3.40. The lowest BCUT2D eigenvalue weighted by atomic mass is 9.92. The fourth-order valence-electron chi connectivity index (χ4n) is 1.91. The van der Waals surface area contributed by atoms with Crippen LogP contribution in [0.1, 0.15) is 55.5 Å².